The first-order valence-electron chi connectivity index (χ1n) is 7.31. The third kappa shape index (κ3) is 3.08. The van der Waals surface area contributed by atoms with Gasteiger partial charge in [-0.15, -0.1) is 0 Å². The van der Waals surface area contributed by atoms with Gasteiger partial charge in [-0.25, -0.2) is 0 Å². The number of carbonyl (C=O) groups is 1. The van der Waals surface area contributed by atoms with Crippen molar-refractivity contribution < 1.29 is 9.72 Å². The van der Waals surface area contributed by atoms with E-state index >= 15 is 0 Å². The second-order valence-electron chi connectivity index (χ2n) is 5.63. The number of hydrogen-bond acceptors (Lipinski definition) is 4. The second kappa shape index (κ2) is 6.20. The van der Waals surface area contributed by atoms with Crippen LogP contribution in [0.15, 0.2) is 18.2 Å². The van der Waals surface area contributed by atoms with Crippen molar-refractivity contribution in [3.8, 4) is 0 Å². The van der Waals surface area contributed by atoms with Gasteiger partial charge in [-0.05, 0) is 51.8 Å². The van der Waals surface area contributed by atoms with E-state index in [0.717, 1.165) is 16.8 Å². The number of carbonyl (C=O) groups excluding carboxylic acids is 1. The van der Waals surface area contributed by atoms with E-state index in [2.05, 4.69) is 10.4 Å². The smallest absolute Gasteiger partial charge is 0.312 e. The summed E-state index contributed by atoms with van der Waals surface area (Å²) < 4.78 is 1.40. The first-order chi connectivity index (χ1) is 10.7. The van der Waals surface area contributed by atoms with Crippen molar-refractivity contribution in [2.24, 2.45) is 0 Å². The van der Waals surface area contributed by atoms with E-state index in [1.54, 1.807) is 20.8 Å². The zero-order valence-electron chi connectivity index (χ0n) is 13.9. The quantitative estimate of drug-likeness (QED) is 0.692. The number of nitrogens with one attached hydrogen (secondary N) is 1. The molecule has 1 unspecified atom stereocenters. The number of rotatable bonds is 4. The zero-order chi connectivity index (χ0) is 17.3. The highest BCUT2D eigenvalue weighted by molar-refractivity contribution is 5.94. The topological polar surface area (TPSA) is 90.1 Å². The molecule has 0 aliphatic heterocycles. The Kier molecular flexibility index (Phi) is 4.49. The number of amides is 1. The van der Waals surface area contributed by atoms with Gasteiger partial charge < -0.3 is 5.32 Å². The maximum absolute atomic E-state index is 12.5. The lowest BCUT2D eigenvalue weighted by atomic mass is 10.1. The molecule has 1 heterocycles. The Morgan fingerprint density at radius 1 is 1.30 bits per heavy atom. The summed E-state index contributed by atoms with van der Waals surface area (Å²) in [4.78, 5) is 23.1. The number of aryl methyl sites for hydroxylation is 2. The Labute approximate surface area is 134 Å². The first kappa shape index (κ1) is 16.7. The molecule has 1 atom stereocenters. The summed E-state index contributed by atoms with van der Waals surface area (Å²) in [6.45, 7) is 8.74. The fourth-order valence-electron chi connectivity index (χ4n) is 2.53. The number of aromatic nitrogens is 2. The SMILES string of the molecule is Cc1cccc(NC(=O)C(C)n2nc(C)c([N+](=O)[O-])c2C)c1C. The number of nitrogens with zero attached hydrogens (tertiary/aromatic N) is 3. The summed E-state index contributed by atoms with van der Waals surface area (Å²) in [6, 6.07) is 5.02. The van der Waals surface area contributed by atoms with Gasteiger partial charge in [0.05, 0.1) is 4.92 Å². The van der Waals surface area contributed by atoms with Crippen LogP contribution in [0.25, 0.3) is 0 Å². The third-order valence-corrected chi connectivity index (χ3v) is 4.08. The van der Waals surface area contributed by atoms with Crippen LogP contribution in [-0.2, 0) is 4.79 Å². The number of anilines is 1. The van der Waals surface area contributed by atoms with Crippen LogP contribution in [0.4, 0.5) is 11.4 Å². The lowest BCUT2D eigenvalue weighted by Crippen LogP contribution is -2.25. The first-order valence-corrected chi connectivity index (χ1v) is 7.31. The maximum Gasteiger partial charge on any atom is 0.312 e. The predicted molar refractivity (Wildman–Crippen MR) is 87.6 cm³/mol. The normalized spacial score (nSPS) is 12.0. The Bertz CT molecular complexity index is 780. The minimum absolute atomic E-state index is 0.0450. The van der Waals surface area contributed by atoms with Crippen molar-refractivity contribution in [2.75, 3.05) is 5.32 Å². The molecule has 0 bridgehead atoms. The molecule has 0 aliphatic rings. The average Bonchev–Trinajstić information content (AvgIpc) is 2.78. The van der Waals surface area contributed by atoms with Crippen LogP contribution in [0.5, 0.6) is 0 Å². The van der Waals surface area contributed by atoms with Crippen LogP contribution in [0, 0.1) is 37.8 Å². The molecule has 0 radical (unpaired) electrons. The highest BCUT2D eigenvalue weighted by atomic mass is 16.6. The minimum Gasteiger partial charge on any atom is -0.324 e. The van der Waals surface area contributed by atoms with Crippen molar-refractivity contribution >= 4 is 17.3 Å². The molecule has 0 aliphatic carbocycles. The van der Waals surface area contributed by atoms with Gasteiger partial charge in [-0.2, -0.15) is 5.10 Å². The fourth-order valence-corrected chi connectivity index (χ4v) is 2.53. The van der Waals surface area contributed by atoms with Crippen LogP contribution in [0.1, 0.15) is 35.5 Å². The Morgan fingerprint density at radius 2 is 1.96 bits per heavy atom. The number of benzene rings is 1. The van der Waals surface area contributed by atoms with Crippen LogP contribution in [0.3, 0.4) is 0 Å². The molecule has 0 saturated heterocycles. The molecule has 7 heteroatoms. The van der Waals surface area contributed by atoms with Crippen LogP contribution >= 0.6 is 0 Å². The van der Waals surface area contributed by atoms with Crippen LogP contribution in [-0.4, -0.2) is 20.6 Å². The Morgan fingerprint density at radius 3 is 2.52 bits per heavy atom. The van der Waals surface area contributed by atoms with Gasteiger partial charge in [0, 0.05) is 5.69 Å². The van der Waals surface area contributed by atoms with E-state index < -0.39 is 11.0 Å². The second-order valence-corrected chi connectivity index (χ2v) is 5.63. The van der Waals surface area contributed by atoms with Gasteiger partial charge in [0.15, 0.2) is 0 Å². The van der Waals surface area contributed by atoms with Gasteiger partial charge in [0.25, 0.3) is 0 Å². The van der Waals surface area contributed by atoms with E-state index in [-0.39, 0.29) is 11.6 Å². The van der Waals surface area contributed by atoms with E-state index in [0.29, 0.717) is 11.4 Å². The Balaban J connectivity index is 2.29. The van der Waals surface area contributed by atoms with E-state index in [9.17, 15) is 14.9 Å². The van der Waals surface area contributed by atoms with E-state index in [4.69, 9.17) is 0 Å². The fraction of sp³-hybridized carbons (Fsp3) is 0.375. The van der Waals surface area contributed by atoms with Crippen LogP contribution in [0.2, 0.25) is 0 Å². The standard InChI is InChI=1S/C16H20N4O3/c1-9-7-6-8-14(10(9)2)17-16(21)13(5)19-12(4)15(20(22)23)11(3)18-19/h6-8,13H,1-5H3,(H,17,21). The molecule has 0 fully saturated rings. The van der Waals surface area contributed by atoms with Crippen molar-refractivity contribution in [2.45, 2.75) is 40.7 Å². The summed E-state index contributed by atoms with van der Waals surface area (Å²) in [5, 5.41) is 18.1. The highest BCUT2D eigenvalue weighted by Crippen LogP contribution is 2.25. The monoisotopic (exact) mass is 316 g/mol. The van der Waals surface area contributed by atoms with Gasteiger partial charge in [0.1, 0.15) is 17.4 Å². The molecule has 2 aromatic rings. The summed E-state index contributed by atoms with van der Waals surface area (Å²) in [7, 11) is 0. The molecule has 122 valence electrons. The molecule has 0 spiro atoms. The molecular weight excluding hydrogens is 296 g/mol. The molecule has 7 nitrogen and oxygen atoms in total. The molecule has 23 heavy (non-hydrogen) atoms. The van der Waals surface area contributed by atoms with Crippen molar-refractivity contribution in [3.63, 3.8) is 0 Å². The molecule has 1 aromatic carbocycles. The van der Waals surface area contributed by atoms with Gasteiger partial charge >= 0.3 is 5.69 Å². The lowest BCUT2D eigenvalue weighted by molar-refractivity contribution is -0.386. The van der Waals surface area contributed by atoms with E-state index in [1.165, 1.54) is 4.68 Å². The summed E-state index contributed by atoms with van der Waals surface area (Å²) >= 11 is 0. The number of hydrogen-bond donors (Lipinski definition) is 1. The summed E-state index contributed by atoms with van der Waals surface area (Å²) in [5.74, 6) is -0.265. The predicted octanol–water partition coefficient (Wildman–Crippen LogP) is 3.22. The van der Waals surface area contributed by atoms with Gasteiger partial charge in [-0.1, -0.05) is 12.1 Å². The molecule has 2 rings (SSSR count). The largest absolute Gasteiger partial charge is 0.324 e. The third-order valence-electron chi connectivity index (χ3n) is 4.08. The molecule has 1 N–H and O–H groups in total. The number of nitro groups is 1. The molecule has 1 aromatic heterocycles. The van der Waals surface area contributed by atoms with Gasteiger partial charge in [0.2, 0.25) is 5.91 Å². The molecular formula is C16H20N4O3. The van der Waals surface area contributed by atoms with Crippen molar-refractivity contribution in [3.05, 3.63) is 50.8 Å². The van der Waals surface area contributed by atoms with Gasteiger partial charge in [-0.3, -0.25) is 19.6 Å². The summed E-state index contributed by atoms with van der Waals surface area (Å²) in [5.41, 5.74) is 3.44. The summed E-state index contributed by atoms with van der Waals surface area (Å²) in [6.07, 6.45) is 0. The lowest BCUT2D eigenvalue weighted by Gasteiger charge is -2.16. The maximum atomic E-state index is 12.5. The molecule has 0 saturated carbocycles. The van der Waals surface area contributed by atoms with Crippen LogP contribution < -0.4 is 5.32 Å². The van der Waals surface area contributed by atoms with Crippen molar-refractivity contribution in [1.82, 2.24) is 9.78 Å². The molecule has 1 amide bonds. The minimum atomic E-state index is -0.651. The van der Waals surface area contributed by atoms with Crippen molar-refractivity contribution in [1.29, 1.82) is 0 Å². The average molecular weight is 316 g/mol. The van der Waals surface area contributed by atoms with E-state index in [1.807, 2.05) is 32.0 Å². The zero-order valence-corrected chi connectivity index (χ0v) is 13.9. The highest BCUT2D eigenvalue weighted by Gasteiger charge is 2.27. The Hall–Kier alpha value is -2.70.